The number of hydrogen-bond donors (Lipinski definition) is 1. The van der Waals surface area contributed by atoms with Crippen molar-refractivity contribution in [2.45, 2.75) is 19.4 Å². The number of aromatic nitrogens is 2. The molecule has 0 aromatic carbocycles. The van der Waals surface area contributed by atoms with E-state index in [9.17, 15) is 9.59 Å². The maximum absolute atomic E-state index is 12.5. The molecule has 0 saturated carbocycles. The number of carbonyl (C=O) groups is 2. The Morgan fingerprint density at radius 1 is 1.50 bits per heavy atom. The number of hydrogen-bond acceptors (Lipinski definition) is 4. The van der Waals surface area contributed by atoms with Gasteiger partial charge < -0.3 is 14.8 Å². The van der Waals surface area contributed by atoms with Crippen molar-refractivity contribution in [3.63, 3.8) is 0 Å². The average molecular weight is 351 g/mol. The van der Waals surface area contributed by atoms with E-state index in [4.69, 9.17) is 5.26 Å². The highest BCUT2D eigenvalue weighted by Crippen LogP contribution is 2.37. The molecule has 3 heterocycles. The lowest BCUT2D eigenvalue weighted by Crippen LogP contribution is -2.34. The summed E-state index contributed by atoms with van der Waals surface area (Å²) in [6, 6.07) is 7.32. The van der Waals surface area contributed by atoms with Gasteiger partial charge in [-0.1, -0.05) is 6.07 Å². The molecule has 0 spiro atoms. The Labute approximate surface area is 152 Å². The summed E-state index contributed by atoms with van der Waals surface area (Å²) < 4.78 is 1.63. The number of rotatable bonds is 5. The molecule has 2 aromatic heterocycles. The first kappa shape index (κ1) is 17.7. The van der Waals surface area contributed by atoms with Crippen LogP contribution in [0.3, 0.4) is 0 Å². The minimum Gasteiger partial charge on any atom is -0.350 e. The van der Waals surface area contributed by atoms with Crippen molar-refractivity contribution in [3.05, 3.63) is 53.6 Å². The van der Waals surface area contributed by atoms with Crippen LogP contribution in [0.15, 0.2) is 36.8 Å². The van der Waals surface area contributed by atoms with Crippen molar-refractivity contribution in [1.29, 1.82) is 5.26 Å². The Morgan fingerprint density at radius 2 is 2.31 bits per heavy atom. The molecule has 134 valence electrons. The summed E-state index contributed by atoms with van der Waals surface area (Å²) in [7, 11) is 1.73. The Balaban J connectivity index is 1.75. The molecule has 26 heavy (non-hydrogen) atoms. The standard InChI is InChI=1S/C19H21N5O2/c1-3-24-17(25)8-15(18(24)14-5-4-6-21-10-14)11-22-19(26)16-7-13(9-20)12-23(16)2/h4-7,10,12,15,18H,3,8,11H2,1-2H3,(H,22,26)/t15-,18-/m0/s1. The molecule has 0 radical (unpaired) electrons. The predicted octanol–water partition coefficient (Wildman–Crippen LogP) is 1.63. The first-order valence-electron chi connectivity index (χ1n) is 8.59. The predicted molar refractivity (Wildman–Crippen MR) is 94.9 cm³/mol. The number of nitrogens with one attached hydrogen (secondary N) is 1. The van der Waals surface area contributed by atoms with Crippen LogP contribution in [0.4, 0.5) is 0 Å². The molecule has 0 bridgehead atoms. The van der Waals surface area contributed by atoms with Gasteiger partial charge in [0.2, 0.25) is 5.91 Å². The summed E-state index contributed by atoms with van der Waals surface area (Å²) in [5.41, 5.74) is 1.85. The second kappa shape index (κ2) is 7.40. The topological polar surface area (TPSA) is 91.0 Å². The van der Waals surface area contributed by atoms with Crippen LogP contribution in [-0.2, 0) is 11.8 Å². The summed E-state index contributed by atoms with van der Waals surface area (Å²) in [4.78, 5) is 30.8. The first-order valence-corrected chi connectivity index (χ1v) is 8.59. The number of pyridine rings is 1. The highest BCUT2D eigenvalue weighted by Gasteiger charge is 2.39. The van der Waals surface area contributed by atoms with Crippen LogP contribution in [0, 0.1) is 17.2 Å². The van der Waals surface area contributed by atoms with Crippen molar-refractivity contribution in [3.8, 4) is 6.07 Å². The van der Waals surface area contributed by atoms with Crippen LogP contribution in [0.25, 0.3) is 0 Å². The molecule has 1 aliphatic heterocycles. The molecule has 2 atom stereocenters. The van der Waals surface area contributed by atoms with E-state index < -0.39 is 0 Å². The zero-order valence-electron chi connectivity index (χ0n) is 14.8. The molecule has 1 aliphatic rings. The summed E-state index contributed by atoms with van der Waals surface area (Å²) in [6.07, 6.45) is 5.49. The smallest absolute Gasteiger partial charge is 0.267 e. The molecule has 0 unspecified atom stereocenters. The van der Waals surface area contributed by atoms with Gasteiger partial charge in [0, 0.05) is 51.1 Å². The van der Waals surface area contributed by atoms with Gasteiger partial charge >= 0.3 is 0 Å². The quantitative estimate of drug-likeness (QED) is 0.886. The van der Waals surface area contributed by atoms with Gasteiger partial charge in [-0.05, 0) is 24.6 Å². The van der Waals surface area contributed by atoms with Gasteiger partial charge in [0.1, 0.15) is 11.8 Å². The monoisotopic (exact) mass is 351 g/mol. The second-order valence-electron chi connectivity index (χ2n) is 6.42. The number of likely N-dealkylation sites (tertiary alicyclic amines) is 1. The van der Waals surface area contributed by atoms with E-state index in [1.165, 1.54) is 0 Å². The highest BCUT2D eigenvalue weighted by atomic mass is 16.2. The van der Waals surface area contributed by atoms with E-state index in [2.05, 4.69) is 10.3 Å². The third-order valence-corrected chi connectivity index (χ3v) is 4.80. The van der Waals surface area contributed by atoms with Crippen molar-refractivity contribution >= 4 is 11.8 Å². The van der Waals surface area contributed by atoms with Gasteiger partial charge in [-0.25, -0.2) is 0 Å². The van der Waals surface area contributed by atoms with Crippen LogP contribution in [-0.4, -0.2) is 39.4 Å². The largest absolute Gasteiger partial charge is 0.350 e. The molecule has 2 aromatic rings. The van der Waals surface area contributed by atoms with Crippen LogP contribution < -0.4 is 5.32 Å². The van der Waals surface area contributed by atoms with Crippen molar-refractivity contribution in [1.82, 2.24) is 19.8 Å². The Kier molecular flexibility index (Phi) is 5.03. The normalized spacial score (nSPS) is 19.4. The van der Waals surface area contributed by atoms with E-state index in [1.54, 1.807) is 36.3 Å². The second-order valence-corrected chi connectivity index (χ2v) is 6.42. The molecule has 1 saturated heterocycles. The molecule has 7 heteroatoms. The van der Waals surface area contributed by atoms with E-state index in [0.29, 0.717) is 30.8 Å². The van der Waals surface area contributed by atoms with Gasteiger partial charge in [0.05, 0.1) is 11.6 Å². The number of nitrogens with zero attached hydrogens (tertiary/aromatic N) is 4. The van der Waals surface area contributed by atoms with E-state index in [-0.39, 0.29) is 23.8 Å². The van der Waals surface area contributed by atoms with E-state index >= 15 is 0 Å². The first-order chi connectivity index (χ1) is 12.5. The molecule has 1 N–H and O–H groups in total. The highest BCUT2D eigenvalue weighted by molar-refractivity contribution is 5.93. The molecule has 1 fully saturated rings. The van der Waals surface area contributed by atoms with Crippen molar-refractivity contribution < 1.29 is 9.59 Å². The molecule has 2 amide bonds. The van der Waals surface area contributed by atoms with Gasteiger partial charge in [0.25, 0.3) is 5.91 Å². The number of aryl methyl sites for hydroxylation is 1. The van der Waals surface area contributed by atoms with Gasteiger partial charge in [-0.3, -0.25) is 14.6 Å². The average Bonchev–Trinajstić information content (AvgIpc) is 3.19. The minimum atomic E-state index is -0.249. The SMILES string of the molecule is CCN1C(=O)C[C@@H](CNC(=O)c2cc(C#N)cn2C)[C@@H]1c1cccnc1. The zero-order chi connectivity index (χ0) is 18.7. The maximum Gasteiger partial charge on any atom is 0.267 e. The van der Waals surface area contributed by atoms with Crippen molar-refractivity contribution in [2.75, 3.05) is 13.1 Å². The third kappa shape index (κ3) is 3.31. The lowest BCUT2D eigenvalue weighted by molar-refractivity contribution is -0.128. The summed E-state index contributed by atoms with van der Waals surface area (Å²) >= 11 is 0. The number of amides is 2. The van der Waals surface area contributed by atoms with Crippen molar-refractivity contribution in [2.24, 2.45) is 13.0 Å². The van der Waals surface area contributed by atoms with Crippen LogP contribution in [0.1, 0.15) is 41.0 Å². The molecule has 3 rings (SSSR count). The van der Waals surface area contributed by atoms with E-state index in [0.717, 1.165) is 5.56 Å². The van der Waals surface area contributed by atoms with Crippen LogP contribution in [0.5, 0.6) is 0 Å². The fourth-order valence-corrected chi connectivity index (χ4v) is 3.59. The van der Waals surface area contributed by atoms with E-state index in [1.807, 2.05) is 30.0 Å². The van der Waals surface area contributed by atoms with Crippen LogP contribution >= 0.6 is 0 Å². The van der Waals surface area contributed by atoms with Gasteiger partial charge in [-0.15, -0.1) is 0 Å². The summed E-state index contributed by atoms with van der Waals surface area (Å²) in [5.74, 6) is -0.182. The molecule has 7 nitrogen and oxygen atoms in total. The summed E-state index contributed by atoms with van der Waals surface area (Å²) in [5, 5.41) is 11.9. The fourth-order valence-electron chi connectivity index (χ4n) is 3.59. The molecular formula is C19H21N5O2. The Hall–Kier alpha value is -3.14. The molecular weight excluding hydrogens is 330 g/mol. The maximum atomic E-state index is 12.5. The molecule has 0 aliphatic carbocycles. The minimum absolute atomic E-state index is 0.0219. The van der Waals surface area contributed by atoms with Gasteiger partial charge in [0.15, 0.2) is 0 Å². The van der Waals surface area contributed by atoms with Gasteiger partial charge in [-0.2, -0.15) is 5.26 Å². The zero-order valence-corrected chi connectivity index (χ0v) is 14.8. The third-order valence-electron chi connectivity index (χ3n) is 4.80. The Morgan fingerprint density at radius 3 is 2.92 bits per heavy atom. The lowest BCUT2D eigenvalue weighted by atomic mass is 9.94. The lowest BCUT2D eigenvalue weighted by Gasteiger charge is -2.27. The number of nitriles is 1. The van der Waals surface area contributed by atoms with Crippen LogP contribution in [0.2, 0.25) is 0 Å². The summed E-state index contributed by atoms with van der Waals surface area (Å²) in [6.45, 7) is 2.95. The fraction of sp³-hybridized carbons (Fsp3) is 0.368. The number of carbonyl (C=O) groups excluding carboxylic acids is 2. The Bertz CT molecular complexity index is 853.